The summed E-state index contributed by atoms with van der Waals surface area (Å²) in [6.45, 7) is 4.96. The lowest BCUT2D eigenvalue weighted by Crippen LogP contribution is -2.07. The van der Waals surface area contributed by atoms with Gasteiger partial charge < -0.3 is 10.1 Å². The molecule has 1 unspecified atom stereocenters. The third-order valence-electron chi connectivity index (χ3n) is 2.59. The maximum absolute atomic E-state index is 5.61. The lowest BCUT2D eigenvalue weighted by atomic mass is 10.2. The molecule has 0 radical (unpaired) electrons. The van der Waals surface area contributed by atoms with Crippen LogP contribution in [-0.4, -0.2) is 11.6 Å². The van der Waals surface area contributed by atoms with Gasteiger partial charge in [-0.2, -0.15) is 0 Å². The van der Waals surface area contributed by atoms with E-state index in [2.05, 4.69) is 29.5 Å². The highest BCUT2D eigenvalue weighted by Gasteiger charge is 2.07. The average molecular weight is 262 g/mol. The largest absolute Gasteiger partial charge is 0.494 e. The first kappa shape index (κ1) is 12.9. The molecule has 0 aliphatic carbocycles. The summed E-state index contributed by atoms with van der Waals surface area (Å²) in [6.07, 6.45) is 1.02. The maximum atomic E-state index is 5.61. The van der Waals surface area contributed by atoms with E-state index in [1.807, 2.05) is 29.8 Å². The summed E-state index contributed by atoms with van der Waals surface area (Å²) >= 11 is 1.62. The Hall–Kier alpha value is -1.55. The SMILES string of the molecule is CCCOc1cccc(NC(C)c2cscn2)c1. The van der Waals surface area contributed by atoms with Crippen molar-refractivity contribution in [1.82, 2.24) is 4.98 Å². The zero-order valence-corrected chi connectivity index (χ0v) is 11.5. The molecule has 0 aliphatic heterocycles. The fraction of sp³-hybridized carbons (Fsp3) is 0.357. The molecule has 0 amide bonds. The Morgan fingerprint density at radius 2 is 2.33 bits per heavy atom. The van der Waals surface area contributed by atoms with E-state index >= 15 is 0 Å². The first-order valence-corrected chi connectivity index (χ1v) is 7.11. The number of hydrogen-bond donors (Lipinski definition) is 1. The fourth-order valence-corrected chi connectivity index (χ4v) is 2.30. The maximum Gasteiger partial charge on any atom is 0.121 e. The standard InChI is InChI=1S/C14H18N2OS/c1-3-7-17-13-6-4-5-12(8-13)16-11(2)14-9-18-10-15-14/h4-6,8-11,16H,3,7H2,1-2H3. The first-order valence-electron chi connectivity index (χ1n) is 6.17. The van der Waals surface area contributed by atoms with Crippen LogP contribution in [-0.2, 0) is 0 Å². The minimum atomic E-state index is 0.206. The molecule has 96 valence electrons. The first-order chi connectivity index (χ1) is 8.79. The van der Waals surface area contributed by atoms with Crippen LogP contribution in [0, 0.1) is 0 Å². The summed E-state index contributed by atoms with van der Waals surface area (Å²) in [5.41, 5.74) is 3.98. The minimum Gasteiger partial charge on any atom is -0.494 e. The van der Waals surface area contributed by atoms with E-state index < -0.39 is 0 Å². The van der Waals surface area contributed by atoms with Crippen molar-refractivity contribution in [3.63, 3.8) is 0 Å². The third kappa shape index (κ3) is 3.47. The number of nitrogens with zero attached hydrogens (tertiary/aromatic N) is 1. The molecule has 0 aliphatic rings. The van der Waals surface area contributed by atoms with Crippen LogP contribution >= 0.6 is 11.3 Å². The van der Waals surface area contributed by atoms with Crippen LogP contribution in [0.5, 0.6) is 5.75 Å². The minimum absolute atomic E-state index is 0.206. The molecule has 4 heteroatoms. The zero-order valence-electron chi connectivity index (χ0n) is 10.7. The Morgan fingerprint density at radius 3 is 3.06 bits per heavy atom. The lowest BCUT2D eigenvalue weighted by molar-refractivity contribution is 0.317. The highest BCUT2D eigenvalue weighted by molar-refractivity contribution is 7.07. The number of rotatable bonds is 6. The molecule has 1 aromatic heterocycles. The second-order valence-electron chi connectivity index (χ2n) is 4.16. The van der Waals surface area contributed by atoms with Crippen LogP contribution in [0.3, 0.4) is 0 Å². The molecule has 1 N–H and O–H groups in total. The van der Waals surface area contributed by atoms with Gasteiger partial charge in [-0.3, -0.25) is 0 Å². The third-order valence-corrected chi connectivity index (χ3v) is 3.19. The summed E-state index contributed by atoms with van der Waals surface area (Å²) in [6, 6.07) is 8.26. The van der Waals surface area contributed by atoms with Gasteiger partial charge >= 0.3 is 0 Å². The molecule has 1 aromatic carbocycles. The van der Waals surface area contributed by atoms with Gasteiger partial charge in [-0.25, -0.2) is 4.98 Å². The van der Waals surface area contributed by atoms with Crippen molar-refractivity contribution in [3.05, 3.63) is 40.8 Å². The van der Waals surface area contributed by atoms with Crippen LogP contribution in [0.4, 0.5) is 5.69 Å². The van der Waals surface area contributed by atoms with Gasteiger partial charge in [0, 0.05) is 17.1 Å². The van der Waals surface area contributed by atoms with E-state index in [0.29, 0.717) is 0 Å². The van der Waals surface area contributed by atoms with Crippen molar-refractivity contribution >= 4 is 17.0 Å². The Bertz CT molecular complexity index is 470. The topological polar surface area (TPSA) is 34.1 Å². The molecule has 0 fully saturated rings. The van der Waals surface area contributed by atoms with Crippen LogP contribution in [0.1, 0.15) is 32.0 Å². The van der Waals surface area contributed by atoms with Gasteiger partial charge in [0.25, 0.3) is 0 Å². The Labute approximate surface area is 112 Å². The Kier molecular flexibility index (Phi) is 4.59. The summed E-state index contributed by atoms with van der Waals surface area (Å²) in [5.74, 6) is 0.910. The number of benzene rings is 1. The van der Waals surface area contributed by atoms with Crippen molar-refractivity contribution in [1.29, 1.82) is 0 Å². The van der Waals surface area contributed by atoms with Crippen LogP contribution in [0.2, 0.25) is 0 Å². The highest BCUT2D eigenvalue weighted by Crippen LogP contribution is 2.22. The molecule has 1 heterocycles. The fourth-order valence-electron chi connectivity index (χ4n) is 1.66. The van der Waals surface area contributed by atoms with Gasteiger partial charge in [0.2, 0.25) is 0 Å². The van der Waals surface area contributed by atoms with E-state index in [1.165, 1.54) is 0 Å². The van der Waals surface area contributed by atoms with Crippen LogP contribution in [0.25, 0.3) is 0 Å². The Balaban J connectivity index is 2.00. The number of anilines is 1. The van der Waals surface area contributed by atoms with Gasteiger partial charge in [0.05, 0.1) is 23.9 Å². The second-order valence-corrected chi connectivity index (χ2v) is 4.87. The summed E-state index contributed by atoms with van der Waals surface area (Å²) < 4.78 is 5.61. The lowest BCUT2D eigenvalue weighted by Gasteiger charge is -2.14. The van der Waals surface area contributed by atoms with Crippen molar-refractivity contribution < 1.29 is 4.74 Å². The number of hydrogen-bond acceptors (Lipinski definition) is 4. The van der Waals surface area contributed by atoms with Crippen LogP contribution < -0.4 is 10.1 Å². The van der Waals surface area contributed by atoms with E-state index in [1.54, 1.807) is 11.3 Å². The highest BCUT2D eigenvalue weighted by atomic mass is 32.1. The Morgan fingerprint density at radius 1 is 1.44 bits per heavy atom. The molecule has 2 rings (SSSR count). The summed E-state index contributed by atoms with van der Waals surface area (Å²) in [5, 5.41) is 5.49. The average Bonchev–Trinajstić information content (AvgIpc) is 2.91. The van der Waals surface area contributed by atoms with Crippen molar-refractivity contribution in [2.75, 3.05) is 11.9 Å². The molecular formula is C14H18N2OS. The monoisotopic (exact) mass is 262 g/mol. The van der Waals surface area contributed by atoms with E-state index in [9.17, 15) is 0 Å². The summed E-state index contributed by atoms with van der Waals surface area (Å²) in [4.78, 5) is 4.31. The predicted molar refractivity (Wildman–Crippen MR) is 76.4 cm³/mol. The van der Waals surface area contributed by atoms with Gasteiger partial charge in [-0.15, -0.1) is 11.3 Å². The molecule has 3 nitrogen and oxygen atoms in total. The number of aromatic nitrogens is 1. The van der Waals surface area contributed by atoms with E-state index in [4.69, 9.17) is 4.74 Å². The molecule has 0 bridgehead atoms. The number of thiazole rings is 1. The molecule has 2 aromatic rings. The van der Waals surface area contributed by atoms with Gasteiger partial charge in [-0.05, 0) is 25.5 Å². The molecule has 18 heavy (non-hydrogen) atoms. The van der Waals surface area contributed by atoms with Crippen molar-refractivity contribution in [2.45, 2.75) is 26.3 Å². The number of nitrogens with one attached hydrogen (secondary N) is 1. The van der Waals surface area contributed by atoms with Gasteiger partial charge in [-0.1, -0.05) is 13.0 Å². The molecule has 0 saturated heterocycles. The van der Waals surface area contributed by atoms with E-state index in [0.717, 1.165) is 30.2 Å². The predicted octanol–water partition coefficient (Wildman–Crippen LogP) is 4.11. The quantitative estimate of drug-likeness (QED) is 0.851. The van der Waals surface area contributed by atoms with Crippen molar-refractivity contribution in [2.24, 2.45) is 0 Å². The molecule has 0 spiro atoms. The van der Waals surface area contributed by atoms with E-state index in [-0.39, 0.29) is 6.04 Å². The molecular weight excluding hydrogens is 244 g/mol. The smallest absolute Gasteiger partial charge is 0.121 e. The van der Waals surface area contributed by atoms with Gasteiger partial charge in [0.1, 0.15) is 5.75 Å². The summed E-state index contributed by atoms with van der Waals surface area (Å²) in [7, 11) is 0. The second kappa shape index (κ2) is 6.40. The molecule has 1 atom stereocenters. The van der Waals surface area contributed by atoms with Crippen LogP contribution in [0.15, 0.2) is 35.2 Å². The van der Waals surface area contributed by atoms with Crippen molar-refractivity contribution in [3.8, 4) is 5.75 Å². The normalized spacial score (nSPS) is 12.1. The number of ether oxygens (including phenoxy) is 1. The van der Waals surface area contributed by atoms with Gasteiger partial charge in [0.15, 0.2) is 0 Å². The molecule has 0 saturated carbocycles. The zero-order chi connectivity index (χ0) is 12.8.